The van der Waals surface area contributed by atoms with Gasteiger partial charge in [-0.15, -0.1) is 22.7 Å². The van der Waals surface area contributed by atoms with Crippen molar-refractivity contribution in [1.29, 1.82) is 0 Å². The molecule has 3 nitrogen and oxygen atoms in total. The van der Waals surface area contributed by atoms with Crippen LogP contribution in [0.2, 0.25) is 0 Å². The Bertz CT molecular complexity index is 571. The highest BCUT2D eigenvalue weighted by Crippen LogP contribution is 2.28. The molecule has 0 spiro atoms. The summed E-state index contributed by atoms with van der Waals surface area (Å²) in [5.41, 5.74) is 1.99. The normalized spacial score (nSPS) is 11.2. The number of thiazole rings is 1. The highest BCUT2D eigenvalue weighted by Gasteiger charge is 2.03. The van der Waals surface area contributed by atoms with E-state index in [1.807, 2.05) is 23.8 Å². The van der Waals surface area contributed by atoms with E-state index in [1.54, 1.807) is 40.5 Å². The molecule has 0 aliphatic heterocycles. The van der Waals surface area contributed by atoms with Crippen LogP contribution in [0, 0.1) is 6.92 Å². The van der Waals surface area contributed by atoms with Crippen LogP contribution in [0.15, 0.2) is 27.2 Å². The van der Waals surface area contributed by atoms with E-state index in [2.05, 4.69) is 4.98 Å². The van der Waals surface area contributed by atoms with Crippen LogP contribution >= 0.6 is 34.4 Å². The molecule has 2 rings (SSSR count). The van der Waals surface area contributed by atoms with Crippen molar-refractivity contribution in [2.24, 2.45) is 0 Å². The van der Waals surface area contributed by atoms with Crippen LogP contribution in [0.3, 0.4) is 0 Å². The second-order valence-corrected chi connectivity index (χ2v) is 6.64. The van der Waals surface area contributed by atoms with Crippen molar-refractivity contribution in [2.45, 2.75) is 17.0 Å². The Hall–Kier alpha value is -1.11. The molecule has 0 radical (unpaired) electrons. The standard InChI is InChI=1S/C12H11NO2S3/c1-8-5-17-12(13-8)18-7-10-4-9(6-16-10)2-3-11(14)15/h2-6H,7H2,1H3,(H,14,15). The lowest BCUT2D eigenvalue weighted by Gasteiger charge is -1.93. The van der Waals surface area contributed by atoms with Crippen molar-refractivity contribution in [1.82, 2.24) is 4.98 Å². The van der Waals surface area contributed by atoms with Crippen molar-refractivity contribution in [3.63, 3.8) is 0 Å². The van der Waals surface area contributed by atoms with Gasteiger partial charge in [-0.05, 0) is 30.0 Å². The molecule has 2 aromatic heterocycles. The van der Waals surface area contributed by atoms with Crippen molar-refractivity contribution in [3.8, 4) is 0 Å². The van der Waals surface area contributed by atoms with Gasteiger partial charge in [0.25, 0.3) is 0 Å². The summed E-state index contributed by atoms with van der Waals surface area (Å²) in [7, 11) is 0. The summed E-state index contributed by atoms with van der Waals surface area (Å²) >= 11 is 5.00. The maximum Gasteiger partial charge on any atom is 0.328 e. The summed E-state index contributed by atoms with van der Waals surface area (Å²) in [4.78, 5) is 16.0. The molecule has 0 aliphatic carbocycles. The van der Waals surface area contributed by atoms with Gasteiger partial charge in [0, 0.05) is 27.8 Å². The third-order valence-corrected chi connectivity index (χ3v) is 5.35. The van der Waals surface area contributed by atoms with Crippen molar-refractivity contribution < 1.29 is 9.90 Å². The van der Waals surface area contributed by atoms with Gasteiger partial charge in [-0.3, -0.25) is 0 Å². The lowest BCUT2D eigenvalue weighted by molar-refractivity contribution is -0.131. The number of rotatable bonds is 5. The third kappa shape index (κ3) is 3.97. The summed E-state index contributed by atoms with van der Waals surface area (Å²) in [5, 5.41) is 12.5. The maximum absolute atomic E-state index is 10.4. The number of carboxylic acid groups (broad SMARTS) is 1. The zero-order valence-electron chi connectivity index (χ0n) is 9.62. The Morgan fingerprint density at radius 2 is 2.33 bits per heavy atom. The third-order valence-electron chi connectivity index (χ3n) is 2.03. The van der Waals surface area contributed by atoms with Gasteiger partial charge in [-0.2, -0.15) is 0 Å². The molecule has 0 atom stereocenters. The van der Waals surface area contributed by atoms with E-state index in [0.717, 1.165) is 27.4 Å². The van der Waals surface area contributed by atoms with Gasteiger partial charge in [0.15, 0.2) is 0 Å². The molecule has 0 aliphatic rings. The van der Waals surface area contributed by atoms with Gasteiger partial charge in [-0.1, -0.05) is 11.8 Å². The molecule has 2 aromatic rings. The summed E-state index contributed by atoms with van der Waals surface area (Å²) in [6, 6.07) is 2.01. The van der Waals surface area contributed by atoms with Gasteiger partial charge >= 0.3 is 5.97 Å². The second kappa shape index (κ2) is 6.17. The Kier molecular flexibility index (Phi) is 4.57. The molecule has 18 heavy (non-hydrogen) atoms. The minimum absolute atomic E-state index is 0.874. The van der Waals surface area contributed by atoms with Gasteiger partial charge in [0.1, 0.15) is 4.34 Å². The van der Waals surface area contributed by atoms with Crippen LogP contribution in [-0.2, 0) is 10.5 Å². The Morgan fingerprint density at radius 3 is 3.00 bits per heavy atom. The number of carbonyl (C=O) groups is 1. The number of carboxylic acids is 1. The molecule has 1 N–H and O–H groups in total. The fraction of sp³-hybridized carbons (Fsp3) is 0.167. The molecule has 94 valence electrons. The van der Waals surface area contributed by atoms with Crippen molar-refractivity contribution in [3.05, 3.63) is 39.0 Å². The first-order chi connectivity index (χ1) is 8.63. The molecule has 0 amide bonds. The molecule has 0 bridgehead atoms. The first-order valence-corrected chi connectivity index (χ1v) is 7.91. The van der Waals surface area contributed by atoms with E-state index in [4.69, 9.17) is 5.11 Å². The zero-order valence-corrected chi connectivity index (χ0v) is 12.1. The van der Waals surface area contributed by atoms with Gasteiger partial charge < -0.3 is 5.11 Å². The number of thiophene rings is 1. The van der Waals surface area contributed by atoms with Crippen LogP contribution < -0.4 is 0 Å². The van der Waals surface area contributed by atoms with Gasteiger partial charge in [-0.25, -0.2) is 9.78 Å². The van der Waals surface area contributed by atoms with E-state index in [0.29, 0.717) is 0 Å². The zero-order chi connectivity index (χ0) is 13.0. The monoisotopic (exact) mass is 297 g/mol. The average molecular weight is 297 g/mol. The molecule has 2 heterocycles. The van der Waals surface area contributed by atoms with Crippen LogP contribution in [0.25, 0.3) is 6.08 Å². The molecule has 0 fully saturated rings. The van der Waals surface area contributed by atoms with Gasteiger partial charge in [0.2, 0.25) is 0 Å². The summed E-state index contributed by atoms with van der Waals surface area (Å²) < 4.78 is 1.07. The minimum Gasteiger partial charge on any atom is -0.478 e. The molecule has 6 heteroatoms. The summed E-state index contributed by atoms with van der Waals surface area (Å²) in [5.74, 6) is -0.0474. The van der Waals surface area contributed by atoms with Crippen LogP contribution in [0.1, 0.15) is 16.1 Å². The topological polar surface area (TPSA) is 50.2 Å². The Morgan fingerprint density at radius 1 is 1.50 bits per heavy atom. The SMILES string of the molecule is Cc1csc(SCc2cc(C=CC(=O)O)cs2)n1. The molecular weight excluding hydrogens is 286 g/mol. The number of aliphatic carboxylic acids is 1. The molecule has 0 unspecified atom stereocenters. The predicted molar refractivity (Wildman–Crippen MR) is 77.4 cm³/mol. The fourth-order valence-corrected chi connectivity index (χ4v) is 4.02. The number of hydrogen-bond donors (Lipinski definition) is 1. The van der Waals surface area contributed by atoms with Crippen molar-refractivity contribution in [2.75, 3.05) is 0 Å². The fourth-order valence-electron chi connectivity index (χ4n) is 1.26. The Balaban J connectivity index is 1.92. The van der Waals surface area contributed by atoms with Crippen LogP contribution in [0.5, 0.6) is 0 Å². The summed E-state index contributed by atoms with van der Waals surface area (Å²) in [6.07, 6.45) is 2.77. The van der Waals surface area contributed by atoms with Crippen molar-refractivity contribution >= 4 is 46.5 Å². The molecule has 0 saturated carbocycles. The first kappa shape index (κ1) is 13.3. The minimum atomic E-state index is -0.921. The predicted octanol–water partition coefficient (Wildman–Crippen LogP) is 3.90. The Labute approximate surface area is 117 Å². The highest BCUT2D eigenvalue weighted by molar-refractivity contribution is 8.00. The van der Waals surface area contributed by atoms with Crippen LogP contribution in [-0.4, -0.2) is 16.1 Å². The summed E-state index contributed by atoms with van der Waals surface area (Å²) in [6.45, 7) is 1.99. The number of hydrogen-bond acceptors (Lipinski definition) is 5. The van der Waals surface area contributed by atoms with E-state index >= 15 is 0 Å². The number of aryl methyl sites for hydroxylation is 1. The molecule has 0 saturated heterocycles. The van der Waals surface area contributed by atoms with E-state index < -0.39 is 5.97 Å². The molecular formula is C12H11NO2S3. The second-order valence-electron chi connectivity index (χ2n) is 3.56. The van der Waals surface area contributed by atoms with Crippen LogP contribution in [0.4, 0.5) is 0 Å². The first-order valence-electron chi connectivity index (χ1n) is 5.17. The highest BCUT2D eigenvalue weighted by atomic mass is 32.2. The maximum atomic E-state index is 10.4. The smallest absolute Gasteiger partial charge is 0.328 e. The quantitative estimate of drug-likeness (QED) is 0.671. The number of aromatic nitrogens is 1. The van der Waals surface area contributed by atoms with E-state index in [9.17, 15) is 4.79 Å². The number of nitrogens with zero attached hydrogens (tertiary/aromatic N) is 1. The molecule has 0 aromatic carbocycles. The average Bonchev–Trinajstić information content (AvgIpc) is 2.93. The lowest BCUT2D eigenvalue weighted by atomic mass is 10.3. The van der Waals surface area contributed by atoms with Gasteiger partial charge in [0.05, 0.1) is 0 Å². The lowest BCUT2D eigenvalue weighted by Crippen LogP contribution is -1.84. The van der Waals surface area contributed by atoms with E-state index in [1.165, 1.54) is 4.88 Å². The largest absolute Gasteiger partial charge is 0.478 e. The van der Waals surface area contributed by atoms with E-state index in [-0.39, 0.29) is 0 Å². The number of thioether (sulfide) groups is 1.